The largest absolute Gasteiger partial charge is 2.00 e. The van der Waals surface area contributed by atoms with E-state index in [9.17, 15) is 0 Å². The molecular formula is C22H14N4Pt. The topological polar surface area (TPSA) is 51.6 Å². The molecule has 0 saturated heterocycles. The van der Waals surface area contributed by atoms with E-state index in [0.29, 0.717) is 12.2 Å². The van der Waals surface area contributed by atoms with Crippen LogP contribution in [0.15, 0.2) is 61.1 Å². The van der Waals surface area contributed by atoms with E-state index in [1.165, 1.54) is 0 Å². The molecule has 4 aromatic rings. The molecule has 1 aliphatic heterocycles. The molecule has 1 aliphatic rings. The van der Waals surface area contributed by atoms with E-state index in [2.05, 4.69) is 34.2 Å². The molecule has 0 fully saturated rings. The summed E-state index contributed by atoms with van der Waals surface area (Å²) in [5.41, 5.74) is 6.65. The molecular weight excluding hydrogens is 515 g/mol. The molecule has 0 radical (unpaired) electrons. The maximum absolute atomic E-state index is 4.75. The number of nitrogens with zero attached hydrogens (tertiary/aromatic N) is 4. The van der Waals surface area contributed by atoms with Crippen LogP contribution in [0.3, 0.4) is 0 Å². The van der Waals surface area contributed by atoms with Crippen molar-refractivity contribution in [3.8, 4) is 22.6 Å². The normalized spacial score (nSPS) is 11.9. The molecule has 0 saturated carbocycles. The van der Waals surface area contributed by atoms with Crippen LogP contribution in [0.4, 0.5) is 0 Å². The molecule has 27 heavy (non-hydrogen) atoms. The minimum Gasteiger partial charge on any atom is -0.298 e. The molecule has 5 heteroatoms. The summed E-state index contributed by atoms with van der Waals surface area (Å²) in [7, 11) is 0. The molecule has 3 heterocycles. The van der Waals surface area contributed by atoms with Crippen LogP contribution < -0.4 is 0 Å². The number of rotatable bonds is 0. The first-order chi connectivity index (χ1) is 12.8. The summed E-state index contributed by atoms with van der Waals surface area (Å²) in [5.74, 6) is 0.684. The molecule has 4 nitrogen and oxygen atoms in total. The second-order valence-corrected chi connectivity index (χ2v) is 6.30. The average molecular weight is 529 g/mol. The van der Waals surface area contributed by atoms with Gasteiger partial charge in [0.1, 0.15) is 0 Å². The average Bonchev–Trinajstić information content (AvgIpc) is 2.68. The van der Waals surface area contributed by atoms with Gasteiger partial charge in [0.2, 0.25) is 0 Å². The number of aromatic nitrogens is 4. The van der Waals surface area contributed by atoms with Crippen LogP contribution in [-0.4, -0.2) is 19.9 Å². The summed E-state index contributed by atoms with van der Waals surface area (Å²) < 4.78 is 0. The van der Waals surface area contributed by atoms with Crippen molar-refractivity contribution >= 4 is 0 Å². The van der Waals surface area contributed by atoms with Crippen molar-refractivity contribution in [3.05, 3.63) is 95.7 Å². The van der Waals surface area contributed by atoms with E-state index < -0.39 is 0 Å². The zero-order valence-corrected chi connectivity index (χ0v) is 16.6. The van der Waals surface area contributed by atoms with Gasteiger partial charge in [-0.1, -0.05) is 0 Å². The predicted molar refractivity (Wildman–Crippen MR) is 98.2 cm³/mol. The molecule has 0 spiro atoms. The Morgan fingerprint density at radius 1 is 0.741 bits per heavy atom. The Kier molecular flexibility index (Phi) is 4.91. The van der Waals surface area contributed by atoms with Gasteiger partial charge in [0.15, 0.2) is 0 Å². The fraction of sp³-hybridized carbons (Fsp3) is 0.0909. The molecule has 8 bridgehead atoms. The Morgan fingerprint density at radius 3 is 2.37 bits per heavy atom. The summed E-state index contributed by atoms with van der Waals surface area (Å²) in [4.78, 5) is 18.2. The Labute approximate surface area is 172 Å². The predicted octanol–water partition coefficient (Wildman–Crippen LogP) is 3.69. The monoisotopic (exact) mass is 529 g/mol. The standard InChI is InChI=1S/C22H14N4.Pt/c1-3-15-9-16-4-2-6-18(11-16)22-24-8-7-19(26-22)12-20-13-23-14-21(25-20)17(5-1)10-15;/h1-8,13-14H,9,12H2;/q-2;+2. The molecule has 132 valence electrons. The third kappa shape index (κ3) is 3.72. The fourth-order valence-electron chi connectivity index (χ4n) is 3.16. The van der Waals surface area contributed by atoms with Gasteiger partial charge in [0.05, 0.1) is 11.5 Å². The SMILES string of the molecule is [Pt+2].[c-]1c2cccc1-c1cncc(n1)Cc1ccnc(n1)-c1[c-]c(ccc1)C2. The molecule has 2 aromatic heterocycles. The summed E-state index contributed by atoms with van der Waals surface area (Å²) >= 11 is 0. The minimum atomic E-state index is 0. The third-order valence-corrected chi connectivity index (χ3v) is 4.37. The van der Waals surface area contributed by atoms with Crippen molar-refractivity contribution in [2.45, 2.75) is 12.8 Å². The van der Waals surface area contributed by atoms with Crippen LogP contribution in [0.1, 0.15) is 22.5 Å². The quantitative estimate of drug-likeness (QED) is 0.287. The van der Waals surface area contributed by atoms with Crippen molar-refractivity contribution in [1.29, 1.82) is 0 Å². The van der Waals surface area contributed by atoms with E-state index in [-0.39, 0.29) is 21.1 Å². The van der Waals surface area contributed by atoms with Crippen molar-refractivity contribution < 1.29 is 21.1 Å². The van der Waals surface area contributed by atoms with Gasteiger partial charge in [-0.15, -0.1) is 70.8 Å². The Hall–Kier alpha value is -2.71. The Balaban J connectivity index is 0.00000180. The van der Waals surface area contributed by atoms with Crippen molar-refractivity contribution in [2.24, 2.45) is 0 Å². The van der Waals surface area contributed by atoms with E-state index in [0.717, 1.165) is 45.8 Å². The summed E-state index contributed by atoms with van der Waals surface area (Å²) in [6, 6.07) is 21.1. The number of fused-ring (bicyclic) bond motifs is 10. The molecule has 5 rings (SSSR count). The number of hydrogen-bond acceptors (Lipinski definition) is 4. The van der Waals surface area contributed by atoms with Crippen molar-refractivity contribution in [2.75, 3.05) is 0 Å². The molecule has 0 atom stereocenters. The van der Waals surface area contributed by atoms with E-state index in [1.54, 1.807) is 18.6 Å². The smallest absolute Gasteiger partial charge is 0.298 e. The summed E-state index contributed by atoms with van der Waals surface area (Å²) in [6.45, 7) is 0. The number of benzene rings is 2. The molecule has 0 aliphatic carbocycles. The Bertz CT molecular complexity index is 934. The second-order valence-electron chi connectivity index (χ2n) is 6.30. The number of hydrogen-bond donors (Lipinski definition) is 0. The fourth-order valence-corrected chi connectivity index (χ4v) is 3.16. The van der Waals surface area contributed by atoms with Gasteiger partial charge in [-0.3, -0.25) is 19.9 Å². The van der Waals surface area contributed by atoms with Crippen LogP contribution in [0.2, 0.25) is 0 Å². The van der Waals surface area contributed by atoms with Gasteiger partial charge in [0.25, 0.3) is 0 Å². The molecule has 0 amide bonds. The van der Waals surface area contributed by atoms with E-state index in [4.69, 9.17) is 9.97 Å². The van der Waals surface area contributed by atoms with E-state index >= 15 is 0 Å². The summed E-state index contributed by atoms with van der Waals surface area (Å²) in [5, 5.41) is 0. The maximum Gasteiger partial charge on any atom is 2.00 e. The van der Waals surface area contributed by atoms with Gasteiger partial charge >= 0.3 is 21.1 Å². The van der Waals surface area contributed by atoms with Crippen LogP contribution in [-0.2, 0) is 33.9 Å². The van der Waals surface area contributed by atoms with E-state index in [1.807, 2.05) is 30.3 Å². The second kappa shape index (κ2) is 7.49. The van der Waals surface area contributed by atoms with Crippen LogP contribution in [0.25, 0.3) is 22.6 Å². The third-order valence-electron chi connectivity index (χ3n) is 4.37. The first-order valence-corrected chi connectivity index (χ1v) is 8.49. The van der Waals surface area contributed by atoms with Crippen LogP contribution in [0.5, 0.6) is 0 Å². The van der Waals surface area contributed by atoms with Crippen molar-refractivity contribution in [1.82, 2.24) is 19.9 Å². The molecule has 0 N–H and O–H groups in total. The zero-order chi connectivity index (χ0) is 17.3. The van der Waals surface area contributed by atoms with Gasteiger partial charge in [-0.25, -0.2) is 0 Å². The maximum atomic E-state index is 4.75. The zero-order valence-electron chi connectivity index (χ0n) is 14.3. The van der Waals surface area contributed by atoms with Crippen LogP contribution in [0, 0.1) is 12.1 Å². The summed E-state index contributed by atoms with van der Waals surface area (Å²) in [6.07, 6.45) is 6.71. The Morgan fingerprint density at radius 2 is 1.52 bits per heavy atom. The van der Waals surface area contributed by atoms with Crippen LogP contribution >= 0.6 is 0 Å². The van der Waals surface area contributed by atoms with Gasteiger partial charge in [0, 0.05) is 36.4 Å². The first-order valence-electron chi connectivity index (χ1n) is 8.49. The minimum absolute atomic E-state index is 0. The first kappa shape index (κ1) is 17.7. The van der Waals surface area contributed by atoms with Gasteiger partial charge in [-0.05, 0) is 12.5 Å². The molecule has 2 aromatic carbocycles. The van der Waals surface area contributed by atoms with Crippen molar-refractivity contribution in [3.63, 3.8) is 0 Å². The van der Waals surface area contributed by atoms with Gasteiger partial charge < -0.3 is 0 Å². The van der Waals surface area contributed by atoms with Gasteiger partial charge in [-0.2, -0.15) is 0 Å². The molecule has 0 unspecified atom stereocenters.